The van der Waals surface area contributed by atoms with Crippen LogP contribution in [0.1, 0.15) is 12.8 Å². The fourth-order valence-corrected chi connectivity index (χ4v) is 1.64. The lowest BCUT2D eigenvalue weighted by Crippen LogP contribution is -2.43. The molecule has 0 aromatic carbocycles. The van der Waals surface area contributed by atoms with Gasteiger partial charge in [0.15, 0.2) is 5.13 Å². The van der Waals surface area contributed by atoms with Crippen LogP contribution in [0.25, 0.3) is 0 Å². The molecule has 0 bridgehead atoms. The molecule has 0 aliphatic carbocycles. The van der Waals surface area contributed by atoms with Crippen LogP contribution in [-0.2, 0) is 9.59 Å². The number of urea groups is 1. The van der Waals surface area contributed by atoms with Crippen molar-refractivity contribution in [2.45, 2.75) is 18.9 Å². The number of nitrogens with two attached hydrogens (primary N) is 1. The monoisotopic (exact) mass is 272 g/mol. The summed E-state index contributed by atoms with van der Waals surface area (Å²) in [6.07, 6.45) is 1.33. The highest BCUT2D eigenvalue weighted by Gasteiger charge is 2.20. The molecule has 0 fully saturated rings. The molecular weight excluding hydrogens is 260 g/mol. The molecule has 0 unspecified atom stereocenters. The number of nitrogens with one attached hydrogen (secondary N) is 2. The van der Waals surface area contributed by atoms with E-state index < -0.39 is 23.9 Å². The molecule has 0 saturated carbocycles. The summed E-state index contributed by atoms with van der Waals surface area (Å²) < 4.78 is 0. The highest BCUT2D eigenvalue weighted by molar-refractivity contribution is 7.13. The van der Waals surface area contributed by atoms with Crippen molar-refractivity contribution in [3.05, 3.63) is 11.6 Å². The summed E-state index contributed by atoms with van der Waals surface area (Å²) in [5.41, 5.74) is 4.91. The molecule has 0 saturated heterocycles. The molecule has 1 aromatic heterocycles. The fraction of sp³-hybridized carbons (Fsp3) is 0.333. The van der Waals surface area contributed by atoms with E-state index in [2.05, 4.69) is 15.6 Å². The maximum atomic E-state index is 11.4. The Morgan fingerprint density at radius 1 is 1.50 bits per heavy atom. The molecule has 18 heavy (non-hydrogen) atoms. The van der Waals surface area contributed by atoms with Crippen molar-refractivity contribution in [3.8, 4) is 0 Å². The number of aliphatic carboxylic acids is 1. The van der Waals surface area contributed by atoms with Crippen molar-refractivity contribution in [2.75, 3.05) is 5.32 Å². The van der Waals surface area contributed by atoms with Crippen molar-refractivity contribution >= 4 is 34.4 Å². The minimum absolute atomic E-state index is 0.0596. The second-order valence-corrected chi connectivity index (χ2v) is 4.23. The van der Waals surface area contributed by atoms with Crippen molar-refractivity contribution in [2.24, 2.45) is 5.73 Å². The molecule has 9 heteroatoms. The Bertz CT molecular complexity index is 434. The van der Waals surface area contributed by atoms with E-state index in [9.17, 15) is 14.4 Å². The summed E-state index contributed by atoms with van der Waals surface area (Å²) in [6.45, 7) is 0. The van der Waals surface area contributed by atoms with Gasteiger partial charge in [0.1, 0.15) is 6.04 Å². The van der Waals surface area contributed by atoms with Gasteiger partial charge < -0.3 is 16.2 Å². The predicted molar refractivity (Wildman–Crippen MR) is 64.1 cm³/mol. The summed E-state index contributed by atoms with van der Waals surface area (Å²) in [5, 5.41) is 15.5. The van der Waals surface area contributed by atoms with Gasteiger partial charge in [0.05, 0.1) is 0 Å². The van der Waals surface area contributed by atoms with Crippen LogP contribution in [0.4, 0.5) is 9.93 Å². The predicted octanol–water partition coefficient (Wildman–Crippen LogP) is -0.0167. The van der Waals surface area contributed by atoms with E-state index in [0.29, 0.717) is 5.13 Å². The quantitative estimate of drug-likeness (QED) is 0.577. The first kappa shape index (κ1) is 13.9. The van der Waals surface area contributed by atoms with Crippen molar-refractivity contribution in [1.29, 1.82) is 0 Å². The van der Waals surface area contributed by atoms with Gasteiger partial charge in [-0.3, -0.25) is 10.1 Å². The summed E-state index contributed by atoms with van der Waals surface area (Å²) in [7, 11) is 0. The first-order valence-electron chi connectivity index (χ1n) is 4.97. The summed E-state index contributed by atoms with van der Waals surface area (Å²) in [6, 6.07) is -1.86. The van der Waals surface area contributed by atoms with Gasteiger partial charge in [-0.1, -0.05) is 0 Å². The number of amides is 3. The van der Waals surface area contributed by atoms with Gasteiger partial charge in [-0.2, -0.15) is 0 Å². The molecule has 0 radical (unpaired) electrons. The number of thiazole rings is 1. The van der Waals surface area contributed by atoms with Gasteiger partial charge in [0.2, 0.25) is 5.91 Å². The number of hydrogen-bond acceptors (Lipinski definition) is 5. The third-order valence-electron chi connectivity index (χ3n) is 1.94. The second-order valence-electron chi connectivity index (χ2n) is 3.33. The molecule has 1 atom stereocenters. The standard InChI is InChI=1S/C9H12N4O4S/c10-6(14)2-1-5(7(15)16)12-8(17)13-9-11-3-4-18-9/h3-5H,1-2H2,(H2,10,14)(H,15,16)(H2,11,12,13,17)/t5-/m0/s1. The van der Waals surface area contributed by atoms with E-state index in [-0.39, 0.29) is 12.8 Å². The number of hydrogen-bond donors (Lipinski definition) is 4. The van der Waals surface area contributed by atoms with Crippen LogP contribution in [0.15, 0.2) is 11.6 Å². The number of carbonyl (C=O) groups excluding carboxylic acids is 2. The number of primary amides is 1. The van der Waals surface area contributed by atoms with Crippen LogP contribution in [0.3, 0.4) is 0 Å². The third kappa shape index (κ3) is 4.78. The smallest absolute Gasteiger partial charge is 0.326 e. The maximum absolute atomic E-state index is 11.4. The number of anilines is 1. The molecule has 1 aromatic rings. The first-order valence-corrected chi connectivity index (χ1v) is 5.85. The van der Waals surface area contributed by atoms with E-state index in [0.717, 1.165) is 0 Å². The Kier molecular flexibility index (Phi) is 5.06. The molecule has 0 aliphatic rings. The summed E-state index contributed by atoms with van der Waals surface area (Å²) in [5.74, 6) is -1.85. The Morgan fingerprint density at radius 2 is 2.22 bits per heavy atom. The highest BCUT2D eigenvalue weighted by atomic mass is 32.1. The molecule has 0 spiro atoms. The van der Waals surface area contributed by atoms with Gasteiger partial charge in [-0.15, -0.1) is 11.3 Å². The summed E-state index contributed by atoms with van der Waals surface area (Å²) >= 11 is 1.20. The minimum atomic E-state index is -1.23. The zero-order valence-corrected chi connectivity index (χ0v) is 10.1. The Hall–Kier alpha value is -2.16. The normalized spacial score (nSPS) is 11.6. The lowest BCUT2D eigenvalue weighted by molar-refractivity contribution is -0.139. The van der Waals surface area contributed by atoms with E-state index in [1.165, 1.54) is 17.5 Å². The minimum Gasteiger partial charge on any atom is -0.480 e. The van der Waals surface area contributed by atoms with Crippen LogP contribution in [-0.4, -0.2) is 34.0 Å². The van der Waals surface area contributed by atoms with E-state index in [1.807, 2.05) is 0 Å². The number of carbonyl (C=O) groups is 3. The molecular formula is C9H12N4O4S. The van der Waals surface area contributed by atoms with E-state index >= 15 is 0 Å². The van der Waals surface area contributed by atoms with Gasteiger partial charge in [-0.25, -0.2) is 14.6 Å². The SMILES string of the molecule is NC(=O)CC[C@H](NC(=O)Nc1nccs1)C(=O)O. The Labute approximate surface area is 106 Å². The Morgan fingerprint density at radius 3 is 2.72 bits per heavy atom. The van der Waals surface area contributed by atoms with Crippen molar-refractivity contribution in [1.82, 2.24) is 10.3 Å². The molecule has 0 aliphatic heterocycles. The van der Waals surface area contributed by atoms with Gasteiger partial charge in [0.25, 0.3) is 0 Å². The van der Waals surface area contributed by atoms with Gasteiger partial charge in [-0.05, 0) is 6.42 Å². The molecule has 3 amide bonds. The van der Waals surface area contributed by atoms with E-state index in [4.69, 9.17) is 10.8 Å². The van der Waals surface area contributed by atoms with Gasteiger partial charge in [0, 0.05) is 18.0 Å². The molecule has 98 valence electrons. The number of nitrogens with zero attached hydrogens (tertiary/aromatic N) is 1. The number of aromatic nitrogens is 1. The third-order valence-corrected chi connectivity index (χ3v) is 2.62. The van der Waals surface area contributed by atoms with Crippen LogP contribution < -0.4 is 16.4 Å². The lowest BCUT2D eigenvalue weighted by Gasteiger charge is -2.13. The average molecular weight is 272 g/mol. The van der Waals surface area contributed by atoms with Crippen LogP contribution in [0, 0.1) is 0 Å². The maximum Gasteiger partial charge on any atom is 0.326 e. The average Bonchev–Trinajstić information content (AvgIpc) is 2.76. The van der Waals surface area contributed by atoms with Crippen LogP contribution in [0.2, 0.25) is 0 Å². The number of carboxylic acid groups (broad SMARTS) is 1. The van der Waals surface area contributed by atoms with Crippen molar-refractivity contribution < 1.29 is 19.5 Å². The zero-order chi connectivity index (χ0) is 13.5. The molecule has 8 nitrogen and oxygen atoms in total. The molecule has 1 rings (SSSR count). The lowest BCUT2D eigenvalue weighted by atomic mass is 10.1. The number of rotatable bonds is 6. The molecule has 5 N–H and O–H groups in total. The second kappa shape index (κ2) is 6.55. The fourth-order valence-electron chi connectivity index (χ4n) is 1.12. The first-order chi connectivity index (χ1) is 8.49. The van der Waals surface area contributed by atoms with Crippen LogP contribution in [0.5, 0.6) is 0 Å². The Balaban J connectivity index is 2.47. The van der Waals surface area contributed by atoms with Gasteiger partial charge >= 0.3 is 12.0 Å². The largest absolute Gasteiger partial charge is 0.480 e. The van der Waals surface area contributed by atoms with E-state index in [1.54, 1.807) is 5.38 Å². The molecule has 1 heterocycles. The highest BCUT2D eigenvalue weighted by Crippen LogP contribution is 2.09. The van der Waals surface area contributed by atoms with Crippen molar-refractivity contribution in [3.63, 3.8) is 0 Å². The summed E-state index contributed by atoms with van der Waals surface area (Å²) in [4.78, 5) is 36.6. The van der Waals surface area contributed by atoms with Crippen LogP contribution >= 0.6 is 11.3 Å². The zero-order valence-electron chi connectivity index (χ0n) is 9.25. The number of carboxylic acids is 1. The topological polar surface area (TPSA) is 134 Å².